The average Bonchev–Trinajstić information content (AvgIpc) is 3.09. The van der Waals surface area contributed by atoms with Gasteiger partial charge >= 0.3 is 0 Å². The van der Waals surface area contributed by atoms with Crippen LogP contribution in [0, 0.1) is 30.7 Å². The van der Waals surface area contributed by atoms with Gasteiger partial charge in [0, 0.05) is 7.11 Å². The Balaban J connectivity index is 2.17. The molecule has 1 saturated carbocycles. The van der Waals surface area contributed by atoms with E-state index in [9.17, 15) is 0 Å². The molecule has 0 spiro atoms. The second-order valence-electron chi connectivity index (χ2n) is 6.84. The Morgan fingerprint density at radius 1 is 1.29 bits per heavy atom. The molecular formula is C17H28NO2Si. The Kier molecular flexibility index (Phi) is 5.19. The molecule has 3 nitrogen and oxygen atoms in total. The molecule has 1 aliphatic heterocycles. The number of hydrogen-bond donors (Lipinski definition) is 0. The van der Waals surface area contributed by atoms with Crippen LogP contribution in [0.4, 0.5) is 0 Å². The summed E-state index contributed by atoms with van der Waals surface area (Å²) in [6, 6.07) is 0.0943. The highest BCUT2D eigenvalue weighted by Crippen LogP contribution is 2.42. The van der Waals surface area contributed by atoms with Crippen LogP contribution >= 0.6 is 0 Å². The van der Waals surface area contributed by atoms with E-state index in [1.807, 2.05) is 0 Å². The third-order valence-electron chi connectivity index (χ3n) is 4.72. The van der Waals surface area contributed by atoms with Crippen molar-refractivity contribution in [2.45, 2.75) is 58.0 Å². The molecule has 1 atom stereocenters. The fraction of sp³-hybridized carbons (Fsp3) is 0.647. The summed E-state index contributed by atoms with van der Waals surface area (Å²) in [5, 5.41) is 0. The van der Waals surface area contributed by atoms with Crippen LogP contribution in [-0.4, -0.2) is 39.3 Å². The molecular weight excluding hydrogens is 278 g/mol. The molecule has 117 valence electrons. The Bertz CT molecular complexity index is 376. The van der Waals surface area contributed by atoms with Gasteiger partial charge in [-0.1, -0.05) is 33.5 Å². The summed E-state index contributed by atoms with van der Waals surface area (Å²) < 4.78 is 11.8. The molecule has 4 heteroatoms. The lowest BCUT2D eigenvalue weighted by Gasteiger charge is -2.33. The SMILES string of the molecule is CCC(CC)(OC)[C@@H]1COC([C]2[CH][CH][CH][C]2[Si](C)(C)C)=N1. The van der Waals surface area contributed by atoms with Gasteiger partial charge in [-0.3, -0.25) is 0 Å². The number of nitrogens with zero attached hydrogens (tertiary/aromatic N) is 1. The molecule has 0 N–H and O–H groups in total. The predicted molar refractivity (Wildman–Crippen MR) is 90.2 cm³/mol. The van der Waals surface area contributed by atoms with E-state index in [0.29, 0.717) is 6.61 Å². The zero-order chi connectivity index (χ0) is 15.7. The first-order valence-electron chi connectivity index (χ1n) is 7.90. The van der Waals surface area contributed by atoms with Crippen LogP contribution in [0.1, 0.15) is 26.7 Å². The maximum absolute atomic E-state index is 5.95. The van der Waals surface area contributed by atoms with Gasteiger partial charge in [-0.25, -0.2) is 4.99 Å². The van der Waals surface area contributed by atoms with Crippen LogP contribution < -0.4 is 0 Å². The van der Waals surface area contributed by atoms with Crippen LogP contribution in [0.15, 0.2) is 4.99 Å². The molecule has 2 rings (SSSR count). The van der Waals surface area contributed by atoms with Gasteiger partial charge in [0.1, 0.15) is 12.6 Å². The van der Waals surface area contributed by atoms with Crippen LogP contribution in [-0.2, 0) is 9.47 Å². The first-order valence-corrected chi connectivity index (χ1v) is 11.4. The van der Waals surface area contributed by atoms with Crippen LogP contribution in [0.2, 0.25) is 19.6 Å². The highest BCUT2D eigenvalue weighted by molar-refractivity contribution is 6.83. The molecule has 0 bridgehead atoms. The molecule has 0 amide bonds. The highest BCUT2D eigenvalue weighted by atomic mass is 28.3. The lowest BCUT2D eigenvalue weighted by atomic mass is 9.89. The van der Waals surface area contributed by atoms with Crippen molar-refractivity contribution in [3.8, 4) is 0 Å². The van der Waals surface area contributed by atoms with Crippen LogP contribution in [0.3, 0.4) is 0 Å². The zero-order valence-electron chi connectivity index (χ0n) is 14.2. The van der Waals surface area contributed by atoms with Gasteiger partial charge in [-0.2, -0.15) is 0 Å². The Hall–Kier alpha value is -0.353. The first kappa shape index (κ1) is 17.0. The Labute approximate surface area is 131 Å². The van der Waals surface area contributed by atoms with E-state index in [1.54, 1.807) is 7.11 Å². The number of aliphatic imine (C=N–C) groups is 1. The summed E-state index contributed by atoms with van der Waals surface area (Å²) in [6.45, 7) is 12.0. The normalized spacial score (nSPS) is 25.2. The average molecular weight is 307 g/mol. The molecule has 1 heterocycles. The quantitative estimate of drug-likeness (QED) is 0.701. The van der Waals surface area contributed by atoms with Crippen molar-refractivity contribution >= 4 is 14.0 Å². The molecule has 0 aromatic rings. The monoisotopic (exact) mass is 306 g/mol. The zero-order valence-corrected chi connectivity index (χ0v) is 15.2. The fourth-order valence-electron chi connectivity index (χ4n) is 3.20. The minimum atomic E-state index is -1.38. The molecule has 0 unspecified atom stereocenters. The molecule has 0 aromatic heterocycles. The first-order chi connectivity index (χ1) is 9.88. The largest absolute Gasteiger partial charge is 0.478 e. The van der Waals surface area contributed by atoms with Crippen molar-refractivity contribution in [3.63, 3.8) is 0 Å². The lowest BCUT2D eigenvalue weighted by molar-refractivity contribution is -0.0413. The van der Waals surface area contributed by atoms with Gasteiger partial charge in [-0.15, -0.1) is 0 Å². The Morgan fingerprint density at radius 2 is 1.95 bits per heavy atom. The molecule has 21 heavy (non-hydrogen) atoms. The highest BCUT2D eigenvalue weighted by Gasteiger charge is 2.46. The van der Waals surface area contributed by atoms with E-state index in [2.05, 4.69) is 52.8 Å². The molecule has 0 saturated heterocycles. The van der Waals surface area contributed by atoms with Gasteiger partial charge in [0.15, 0.2) is 5.90 Å². The van der Waals surface area contributed by atoms with Crippen molar-refractivity contribution in [2.75, 3.05) is 13.7 Å². The minimum absolute atomic E-state index is 0.0943. The van der Waals surface area contributed by atoms with Gasteiger partial charge in [0.25, 0.3) is 0 Å². The van der Waals surface area contributed by atoms with Crippen molar-refractivity contribution in [2.24, 2.45) is 4.99 Å². The van der Waals surface area contributed by atoms with E-state index in [-0.39, 0.29) is 11.6 Å². The summed E-state index contributed by atoms with van der Waals surface area (Å²) >= 11 is 0. The maximum atomic E-state index is 5.95. The number of ether oxygens (including phenoxy) is 2. The van der Waals surface area contributed by atoms with Crippen molar-refractivity contribution in [3.05, 3.63) is 30.7 Å². The van der Waals surface area contributed by atoms with E-state index in [4.69, 9.17) is 14.5 Å². The molecule has 1 fully saturated rings. The van der Waals surface area contributed by atoms with Gasteiger partial charge in [-0.05, 0) is 37.6 Å². The second kappa shape index (κ2) is 6.41. The van der Waals surface area contributed by atoms with Crippen LogP contribution in [0.5, 0.6) is 0 Å². The lowest BCUT2D eigenvalue weighted by Crippen LogP contribution is -2.43. The predicted octanol–water partition coefficient (Wildman–Crippen LogP) is 3.64. The van der Waals surface area contributed by atoms with E-state index in [1.165, 1.54) is 11.5 Å². The van der Waals surface area contributed by atoms with Crippen molar-refractivity contribution in [1.82, 2.24) is 0 Å². The molecule has 1 aliphatic carbocycles. The second-order valence-corrected chi connectivity index (χ2v) is 11.9. The van der Waals surface area contributed by atoms with Crippen molar-refractivity contribution < 1.29 is 9.47 Å². The minimum Gasteiger partial charge on any atom is -0.478 e. The summed E-state index contributed by atoms with van der Waals surface area (Å²) in [5.41, 5.74) is 1.23. The van der Waals surface area contributed by atoms with E-state index < -0.39 is 8.07 Å². The number of rotatable bonds is 6. The van der Waals surface area contributed by atoms with Gasteiger partial charge in [0.05, 0.1) is 19.6 Å². The third-order valence-corrected chi connectivity index (χ3v) is 6.77. The van der Waals surface area contributed by atoms with Gasteiger partial charge < -0.3 is 9.47 Å². The standard InChI is InChI=1S/C17H28NO2Si/c1-7-17(8-2,19-3)15-12-20-16(18-15)13-10-9-11-14(13)21(4,5)6/h9-11,15H,7-8,12H2,1-6H3/t15-/m0/s1. The van der Waals surface area contributed by atoms with E-state index in [0.717, 1.165) is 18.7 Å². The molecule has 0 aromatic carbocycles. The maximum Gasteiger partial charge on any atom is 0.191 e. The molecule has 5 radical (unpaired) electrons. The van der Waals surface area contributed by atoms with Gasteiger partial charge in [0.2, 0.25) is 0 Å². The summed E-state index contributed by atoms with van der Waals surface area (Å²) in [7, 11) is 0.410. The third kappa shape index (κ3) is 3.21. The summed E-state index contributed by atoms with van der Waals surface area (Å²) in [5.74, 6) is 2.00. The number of hydrogen-bond acceptors (Lipinski definition) is 3. The topological polar surface area (TPSA) is 30.8 Å². The van der Waals surface area contributed by atoms with E-state index >= 15 is 0 Å². The van der Waals surface area contributed by atoms with Crippen molar-refractivity contribution in [1.29, 1.82) is 0 Å². The summed E-state index contributed by atoms with van der Waals surface area (Å²) in [4.78, 5) is 4.88. The fourth-order valence-corrected chi connectivity index (χ4v) is 4.79. The molecule has 2 aliphatic rings. The summed E-state index contributed by atoms with van der Waals surface area (Å²) in [6.07, 6.45) is 8.38. The smallest absolute Gasteiger partial charge is 0.191 e. The number of methoxy groups -OCH3 is 1. The Morgan fingerprint density at radius 3 is 2.48 bits per heavy atom. The van der Waals surface area contributed by atoms with Crippen LogP contribution in [0.25, 0.3) is 0 Å².